The molecule has 0 fully saturated rings. The maximum absolute atomic E-state index is 8.84. The Bertz CT molecular complexity index is 841. The Labute approximate surface area is 137 Å². The van der Waals surface area contributed by atoms with Crippen molar-refractivity contribution in [1.82, 2.24) is 19.7 Å². The lowest BCUT2D eigenvalue weighted by atomic mass is 10.2. The average molecular weight is 323 g/mol. The normalized spacial score (nSPS) is 10.3. The van der Waals surface area contributed by atoms with Gasteiger partial charge in [-0.15, -0.1) is 10.2 Å². The number of benzene rings is 1. The van der Waals surface area contributed by atoms with Crippen molar-refractivity contribution in [3.8, 4) is 28.9 Å². The summed E-state index contributed by atoms with van der Waals surface area (Å²) in [4.78, 5) is 4.03. The lowest BCUT2D eigenvalue weighted by Gasteiger charge is -2.10. The topological polar surface area (TPSA) is 76.6 Å². The van der Waals surface area contributed by atoms with Crippen molar-refractivity contribution in [3.05, 3.63) is 48.8 Å². The molecule has 3 aromatic rings. The van der Waals surface area contributed by atoms with Gasteiger partial charge in [0.2, 0.25) is 0 Å². The van der Waals surface area contributed by atoms with Crippen LogP contribution in [0.2, 0.25) is 0 Å². The van der Waals surface area contributed by atoms with Crippen molar-refractivity contribution in [2.45, 2.75) is 5.16 Å². The highest BCUT2D eigenvalue weighted by atomic mass is 32.2. The summed E-state index contributed by atoms with van der Waals surface area (Å²) in [7, 11) is 1.63. The van der Waals surface area contributed by atoms with E-state index < -0.39 is 0 Å². The molecular weight excluding hydrogens is 310 g/mol. The van der Waals surface area contributed by atoms with Gasteiger partial charge in [-0.3, -0.25) is 9.55 Å². The lowest BCUT2D eigenvalue weighted by Crippen LogP contribution is -2.00. The number of nitriles is 1. The number of nitrogens with zero attached hydrogens (tertiary/aromatic N) is 5. The molecule has 2 aromatic heterocycles. The molecule has 0 bridgehead atoms. The maximum Gasteiger partial charge on any atom is 0.197 e. The van der Waals surface area contributed by atoms with Crippen LogP contribution in [0.5, 0.6) is 5.75 Å². The molecule has 0 saturated carbocycles. The molecule has 0 N–H and O–H groups in total. The van der Waals surface area contributed by atoms with Crippen molar-refractivity contribution in [3.63, 3.8) is 0 Å². The van der Waals surface area contributed by atoms with Gasteiger partial charge in [0.1, 0.15) is 5.75 Å². The highest BCUT2D eigenvalue weighted by Gasteiger charge is 2.16. The molecular formula is C16H13N5OS. The number of hydrogen-bond donors (Lipinski definition) is 0. The fraction of sp³-hybridized carbons (Fsp3) is 0.125. The van der Waals surface area contributed by atoms with Crippen LogP contribution in [0.1, 0.15) is 0 Å². The van der Waals surface area contributed by atoms with Crippen LogP contribution in [-0.2, 0) is 0 Å². The predicted molar refractivity (Wildman–Crippen MR) is 87.5 cm³/mol. The summed E-state index contributed by atoms with van der Waals surface area (Å²) < 4.78 is 7.21. The van der Waals surface area contributed by atoms with Crippen LogP contribution in [0.25, 0.3) is 17.1 Å². The third-order valence-corrected chi connectivity index (χ3v) is 3.95. The molecule has 0 spiro atoms. The van der Waals surface area contributed by atoms with E-state index in [9.17, 15) is 0 Å². The molecule has 0 atom stereocenters. The summed E-state index contributed by atoms with van der Waals surface area (Å²) in [5.41, 5.74) is 1.78. The quantitative estimate of drug-likeness (QED) is 0.672. The Morgan fingerprint density at radius 2 is 2.04 bits per heavy atom. The van der Waals surface area contributed by atoms with E-state index >= 15 is 0 Å². The average Bonchev–Trinajstić information content (AvgIpc) is 3.04. The van der Waals surface area contributed by atoms with Gasteiger partial charge in [0.25, 0.3) is 0 Å². The van der Waals surface area contributed by atoms with Crippen molar-refractivity contribution < 1.29 is 4.74 Å². The first-order valence-electron chi connectivity index (χ1n) is 6.83. The van der Waals surface area contributed by atoms with Gasteiger partial charge in [0.05, 0.1) is 24.6 Å². The zero-order valence-corrected chi connectivity index (χ0v) is 13.2. The Morgan fingerprint density at radius 3 is 2.78 bits per heavy atom. The monoisotopic (exact) mass is 323 g/mol. The smallest absolute Gasteiger partial charge is 0.197 e. The Kier molecular flexibility index (Phi) is 4.54. The Morgan fingerprint density at radius 1 is 1.22 bits per heavy atom. The van der Waals surface area contributed by atoms with Gasteiger partial charge in [-0.2, -0.15) is 5.26 Å². The van der Waals surface area contributed by atoms with Gasteiger partial charge < -0.3 is 4.74 Å². The molecule has 0 aliphatic heterocycles. The minimum atomic E-state index is 0.304. The van der Waals surface area contributed by atoms with E-state index in [0.717, 1.165) is 17.0 Å². The number of methoxy groups -OCH3 is 1. The summed E-state index contributed by atoms with van der Waals surface area (Å²) in [6.07, 6.45) is 3.42. The second kappa shape index (κ2) is 6.94. The van der Waals surface area contributed by atoms with Crippen LogP contribution in [0.4, 0.5) is 0 Å². The number of aromatic nitrogens is 4. The molecule has 3 rings (SSSR count). The number of hydrogen-bond acceptors (Lipinski definition) is 6. The van der Waals surface area contributed by atoms with Crippen molar-refractivity contribution >= 4 is 11.8 Å². The van der Waals surface area contributed by atoms with Crippen molar-refractivity contribution in [2.75, 3.05) is 12.9 Å². The van der Waals surface area contributed by atoms with Gasteiger partial charge in [0.15, 0.2) is 11.0 Å². The maximum atomic E-state index is 8.84. The molecule has 114 valence electrons. The predicted octanol–water partition coefficient (Wildman–Crippen LogP) is 2.95. The molecule has 0 radical (unpaired) electrons. The molecule has 0 amide bonds. The first kappa shape index (κ1) is 15.1. The molecule has 0 aliphatic carbocycles. The molecule has 0 unspecified atom stereocenters. The number of thioether (sulfide) groups is 1. The molecule has 23 heavy (non-hydrogen) atoms. The highest BCUT2D eigenvalue weighted by molar-refractivity contribution is 7.99. The minimum absolute atomic E-state index is 0.304. The van der Waals surface area contributed by atoms with Crippen LogP contribution in [0.15, 0.2) is 53.9 Å². The molecule has 0 saturated heterocycles. The summed E-state index contributed by atoms with van der Waals surface area (Å²) in [6.45, 7) is 0. The summed E-state index contributed by atoms with van der Waals surface area (Å²) in [6, 6.07) is 13.5. The third kappa shape index (κ3) is 3.17. The van der Waals surface area contributed by atoms with Crippen molar-refractivity contribution in [2.24, 2.45) is 0 Å². The van der Waals surface area contributed by atoms with E-state index in [1.165, 1.54) is 11.8 Å². The second-order valence-corrected chi connectivity index (χ2v) is 5.47. The van der Waals surface area contributed by atoms with Gasteiger partial charge in [-0.25, -0.2) is 0 Å². The highest BCUT2D eigenvalue weighted by Crippen LogP contribution is 2.28. The van der Waals surface area contributed by atoms with Gasteiger partial charge in [-0.05, 0) is 24.3 Å². The number of rotatable bonds is 5. The zero-order chi connectivity index (χ0) is 16.1. The fourth-order valence-corrected chi connectivity index (χ4v) is 2.74. The molecule has 0 aliphatic rings. The Hall–Kier alpha value is -2.85. The lowest BCUT2D eigenvalue weighted by molar-refractivity contribution is 0.414. The minimum Gasteiger partial charge on any atom is -0.497 e. The zero-order valence-electron chi connectivity index (χ0n) is 12.4. The number of pyridine rings is 1. The van der Waals surface area contributed by atoms with Crippen LogP contribution in [-0.4, -0.2) is 32.6 Å². The van der Waals surface area contributed by atoms with Crippen LogP contribution in [0.3, 0.4) is 0 Å². The van der Waals surface area contributed by atoms with Gasteiger partial charge in [0, 0.05) is 24.0 Å². The summed E-state index contributed by atoms with van der Waals surface area (Å²) in [5.74, 6) is 1.74. The third-order valence-electron chi connectivity index (χ3n) is 3.15. The largest absolute Gasteiger partial charge is 0.497 e. The van der Waals surface area contributed by atoms with E-state index in [2.05, 4.69) is 21.3 Å². The molecule has 6 nitrogen and oxygen atoms in total. The fourth-order valence-electron chi connectivity index (χ4n) is 2.13. The first-order chi connectivity index (χ1) is 11.3. The molecule has 7 heteroatoms. The summed E-state index contributed by atoms with van der Waals surface area (Å²) in [5, 5.41) is 18.0. The van der Waals surface area contributed by atoms with Crippen LogP contribution < -0.4 is 4.74 Å². The summed E-state index contributed by atoms with van der Waals surface area (Å²) >= 11 is 1.34. The molecule has 2 heterocycles. The Balaban J connectivity index is 2.15. The van der Waals surface area contributed by atoms with Gasteiger partial charge >= 0.3 is 0 Å². The van der Waals surface area contributed by atoms with Gasteiger partial charge in [-0.1, -0.05) is 17.8 Å². The van der Waals surface area contributed by atoms with E-state index in [1.807, 2.05) is 41.0 Å². The first-order valence-corrected chi connectivity index (χ1v) is 7.82. The SMILES string of the molecule is COc1cccc(-n2c(SCC#N)nnc2-c2ccncc2)c1. The standard InChI is InChI=1S/C16H13N5OS/c1-22-14-4-2-3-13(11-14)21-15(12-5-8-18-9-6-12)19-20-16(21)23-10-7-17/h2-6,8-9,11H,10H2,1H3. The van der Waals surface area contributed by atoms with Crippen molar-refractivity contribution in [1.29, 1.82) is 5.26 Å². The molecule has 1 aromatic carbocycles. The van der Waals surface area contributed by atoms with Crippen LogP contribution in [0, 0.1) is 11.3 Å². The second-order valence-electron chi connectivity index (χ2n) is 4.53. The van der Waals surface area contributed by atoms with E-state index in [4.69, 9.17) is 10.00 Å². The van der Waals surface area contributed by atoms with E-state index in [-0.39, 0.29) is 0 Å². The number of ether oxygens (including phenoxy) is 1. The van der Waals surface area contributed by atoms with E-state index in [1.54, 1.807) is 19.5 Å². The van der Waals surface area contributed by atoms with Crippen LogP contribution >= 0.6 is 11.8 Å². The van der Waals surface area contributed by atoms with E-state index in [0.29, 0.717) is 16.7 Å².